The molecule has 3 aromatic rings. The Balaban J connectivity index is 2.10. The van der Waals surface area contributed by atoms with Gasteiger partial charge >= 0.3 is 5.95 Å². The van der Waals surface area contributed by atoms with Crippen LogP contribution in [0.3, 0.4) is 0 Å². The second-order valence-electron chi connectivity index (χ2n) is 6.14. The summed E-state index contributed by atoms with van der Waals surface area (Å²) in [6, 6.07) is 0. The Morgan fingerprint density at radius 2 is 1.88 bits per heavy atom. The van der Waals surface area contributed by atoms with Crippen LogP contribution < -0.4 is 0 Å². The molecule has 3 heterocycles. The third-order valence-corrected chi connectivity index (χ3v) is 3.25. The molecule has 0 radical (unpaired) electrons. The van der Waals surface area contributed by atoms with Crippen LogP contribution in [0.25, 0.3) is 15.3 Å². The lowest BCUT2D eigenvalue weighted by atomic mass is 9.91. The van der Waals surface area contributed by atoms with Crippen molar-refractivity contribution < 1.29 is 0 Å². The Morgan fingerprint density at radius 1 is 1.12 bits per heavy atom. The largest absolute Gasteiger partial charge is 0.414 e. The number of azo groups is 1. The highest BCUT2D eigenvalue weighted by Gasteiger charge is 2.25. The molecule has 0 aliphatic rings. The van der Waals surface area contributed by atoms with Gasteiger partial charge in [0.05, 0.1) is 5.69 Å². The van der Waals surface area contributed by atoms with Gasteiger partial charge in [-0.2, -0.15) is 4.63 Å². The predicted octanol–water partition coefficient (Wildman–Crippen LogP) is 3.90. The fourth-order valence-electron chi connectivity index (χ4n) is 2.18. The molecule has 120 valence electrons. The predicted molar refractivity (Wildman–Crippen MR) is 86.1 cm³/mol. The van der Waals surface area contributed by atoms with Gasteiger partial charge in [-0.3, -0.25) is 10.1 Å². The smallest absolute Gasteiger partial charge is 0.373 e. The van der Waals surface area contributed by atoms with E-state index in [2.05, 4.69) is 45.1 Å². The third kappa shape index (κ3) is 2.50. The summed E-state index contributed by atoms with van der Waals surface area (Å²) >= 11 is 0. The summed E-state index contributed by atoms with van der Waals surface area (Å²) in [5.74, 6) is 0.740. The van der Waals surface area contributed by atoms with E-state index in [1.165, 1.54) is 0 Å². The quantitative estimate of drug-likeness (QED) is 0.551. The Morgan fingerprint density at radius 3 is 2.46 bits per heavy atom. The van der Waals surface area contributed by atoms with Gasteiger partial charge in [0.25, 0.3) is 11.6 Å². The van der Waals surface area contributed by atoms with Gasteiger partial charge in [0, 0.05) is 5.41 Å². The monoisotopic (exact) mass is 322 g/mol. The van der Waals surface area contributed by atoms with Crippen molar-refractivity contribution in [3.8, 4) is 0 Å². The van der Waals surface area contributed by atoms with E-state index in [0.717, 1.165) is 5.69 Å². The fourth-order valence-corrected chi connectivity index (χ4v) is 2.18. The second-order valence-corrected chi connectivity index (χ2v) is 6.14. The van der Waals surface area contributed by atoms with Gasteiger partial charge in [-0.25, -0.2) is 4.98 Å². The van der Waals surface area contributed by atoms with Crippen molar-refractivity contribution in [1.29, 1.82) is 0 Å². The lowest BCUT2D eigenvalue weighted by Crippen LogP contribution is -2.12. The van der Waals surface area contributed by atoms with Crippen molar-refractivity contribution >= 4 is 28.9 Å². The van der Waals surface area contributed by atoms with Gasteiger partial charge in [-0.1, -0.05) is 44.0 Å². The van der Waals surface area contributed by atoms with Crippen LogP contribution in [0.1, 0.15) is 32.3 Å². The van der Waals surface area contributed by atoms with E-state index >= 15 is 0 Å². The fraction of sp³-hybridized carbons (Fsp3) is 0.357. The summed E-state index contributed by atoms with van der Waals surface area (Å²) in [5, 5.41) is 15.7. The molecule has 24 heavy (non-hydrogen) atoms. The van der Waals surface area contributed by atoms with Crippen LogP contribution in [0.15, 0.2) is 10.2 Å². The molecule has 0 saturated heterocycles. The van der Waals surface area contributed by atoms with Crippen molar-refractivity contribution in [3.63, 3.8) is 0 Å². The maximum absolute atomic E-state index is 7.01. The van der Waals surface area contributed by atoms with E-state index in [1.807, 2.05) is 20.8 Å². The molecular weight excluding hydrogens is 308 g/mol. The number of rotatable bonds is 2. The number of H-pyrrole nitrogens is 2. The van der Waals surface area contributed by atoms with Crippen molar-refractivity contribution in [2.75, 3.05) is 0 Å². The summed E-state index contributed by atoms with van der Waals surface area (Å²) in [6.45, 7) is 21.9. The topological polar surface area (TPSA) is 108 Å². The van der Waals surface area contributed by atoms with Crippen molar-refractivity contribution in [2.24, 2.45) is 10.2 Å². The van der Waals surface area contributed by atoms with E-state index in [0.29, 0.717) is 17.2 Å². The first-order valence-corrected chi connectivity index (χ1v) is 7.06. The van der Waals surface area contributed by atoms with E-state index < -0.39 is 0 Å². The maximum atomic E-state index is 7.01. The van der Waals surface area contributed by atoms with Crippen LogP contribution in [0, 0.1) is 20.1 Å². The Kier molecular flexibility index (Phi) is 3.38. The Hall–Kier alpha value is -3.53. The molecule has 0 amide bonds. The molecule has 10 heteroatoms. The molecule has 3 aromatic heterocycles. The Bertz CT molecular complexity index is 993. The summed E-state index contributed by atoms with van der Waals surface area (Å²) in [6.07, 6.45) is 0. The van der Waals surface area contributed by atoms with Gasteiger partial charge in [-0.15, -0.1) is 10.2 Å². The van der Waals surface area contributed by atoms with E-state index in [1.54, 1.807) is 11.6 Å². The molecule has 0 atom stereocenters. The molecule has 0 bridgehead atoms. The molecule has 0 fully saturated rings. The molecule has 10 nitrogen and oxygen atoms in total. The number of nitrogens with one attached hydrogen (secondary N) is 2. The van der Waals surface area contributed by atoms with Crippen LogP contribution in [0.4, 0.5) is 23.3 Å². The number of aromatic nitrogens is 6. The van der Waals surface area contributed by atoms with Crippen molar-refractivity contribution in [3.05, 3.63) is 34.4 Å². The van der Waals surface area contributed by atoms with Crippen molar-refractivity contribution in [1.82, 2.24) is 29.8 Å². The van der Waals surface area contributed by atoms with Crippen molar-refractivity contribution in [2.45, 2.75) is 33.1 Å². The molecule has 0 aliphatic heterocycles. The van der Waals surface area contributed by atoms with Crippen LogP contribution in [0.5, 0.6) is 0 Å². The summed E-state index contributed by atoms with van der Waals surface area (Å²) in [7, 11) is 0. The molecule has 0 saturated carbocycles. The number of hydrogen-bond donors (Lipinski definition) is 2. The highest BCUT2D eigenvalue weighted by atomic mass is 15.5. The number of fused-ring (bicyclic) bond motifs is 1. The molecule has 0 aliphatic carbocycles. The van der Waals surface area contributed by atoms with Gasteiger partial charge in [0.1, 0.15) is 5.82 Å². The molecular formula is C14H14N10. The first-order chi connectivity index (χ1) is 11.3. The van der Waals surface area contributed by atoms with Crippen LogP contribution in [-0.4, -0.2) is 29.8 Å². The number of imidazole rings is 1. The summed E-state index contributed by atoms with van der Waals surface area (Å²) in [5.41, 5.74) is 1.71. The minimum absolute atomic E-state index is 0.0208. The van der Waals surface area contributed by atoms with Gasteiger partial charge in [0.2, 0.25) is 5.65 Å². The number of aromatic amines is 2. The van der Waals surface area contributed by atoms with Gasteiger partial charge < -0.3 is 9.69 Å². The lowest BCUT2D eigenvalue weighted by molar-refractivity contribution is 0.557. The number of aryl methyl sites for hydroxylation is 1. The zero-order valence-electron chi connectivity index (χ0n) is 13.6. The van der Waals surface area contributed by atoms with Crippen LogP contribution in [0.2, 0.25) is 0 Å². The second kappa shape index (κ2) is 5.28. The van der Waals surface area contributed by atoms with Crippen LogP contribution in [-0.2, 0) is 5.41 Å². The average molecular weight is 322 g/mol. The molecule has 0 unspecified atom stereocenters. The van der Waals surface area contributed by atoms with E-state index in [4.69, 9.17) is 13.1 Å². The molecule has 2 N–H and O–H groups in total. The van der Waals surface area contributed by atoms with E-state index in [-0.39, 0.29) is 23.0 Å². The standard InChI is InChI=1S/C14H14N10/c1-7-17-12-8(9(14(2,3)4)23-24(12)22-7)20-21-13-18-10(15-5)11(16-6)19-13/h23H,1-4H3,(H,18,19). The summed E-state index contributed by atoms with van der Waals surface area (Å²) < 4.78 is 1.56. The van der Waals surface area contributed by atoms with Crippen LogP contribution >= 0.6 is 0 Å². The normalized spacial score (nSPS) is 11.9. The molecule has 0 spiro atoms. The van der Waals surface area contributed by atoms with Gasteiger partial charge in [0.15, 0.2) is 5.69 Å². The number of nitrogens with zero attached hydrogens (tertiary/aromatic N) is 8. The molecule has 0 aromatic carbocycles. The minimum Gasteiger partial charge on any atom is -0.373 e. The highest BCUT2D eigenvalue weighted by molar-refractivity contribution is 5.68. The number of hydrogen-bond acceptors (Lipinski definition) is 5. The maximum Gasteiger partial charge on any atom is 0.414 e. The minimum atomic E-state index is -0.225. The first kappa shape index (κ1) is 15.4. The first-order valence-electron chi connectivity index (χ1n) is 7.06. The van der Waals surface area contributed by atoms with Gasteiger partial charge in [-0.05, 0) is 6.92 Å². The SMILES string of the molecule is [C-]#[N+]c1nc(N=Nc2c(C(C)(C)C)[nH]n3nc(C)nc23)[nH]c1[N+]#[C-]. The highest BCUT2D eigenvalue weighted by Crippen LogP contribution is 2.35. The zero-order chi connectivity index (χ0) is 17.5. The summed E-state index contributed by atoms with van der Waals surface area (Å²) in [4.78, 5) is 17.3. The average Bonchev–Trinajstić information content (AvgIpc) is 3.16. The van der Waals surface area contributed by atoms with E-state index in [9.17, 15) is 0 Å². The Labute approximate surface area is 137 Å². The third-order valence-electron chi connectivity index (χ3n) is 3.25. The molecule has 3 rings (SSSR count). The zero-order valence-corrected chi connectivity index (χ0v) is 13.6. The lowest BCUT2D eigenvalue weighted by Gasteiger charge is -2.16.